The first-order valence-corrected chi connectivity index (χ1v) is 10.9. The molecule has 1 aromatic heterocycles. The monoisotopic (exact) mass is 416 g/mol. The number of amides is 2. The summed E-state index contributed by atoms with van der Waals surface area (Å²) >= 11 is 0. The SMILES string of the molecule is Cc1ccc(-n2cc(C(=O)NCCN3CCCCCC3=O)c(-c3ccccc3)n2)cc1. The Morgan fingerprint density at radius 2 is 1.81 bits per heavy atom. The van der Waals surface area contributed by atoms with Crippen molar-refractivity contribution in [3.05, 3.63) is 71.9 Å². The number of nitrogens with zero attached hydrogens (tertiary/aromatic N) is 3. The molecule has 1 N–H and O–H groups in total. The van der Waals surface area contributed by atoms with Crippen molar-refractivity contribution in [2.75, 3.05) is 19.6 Å². The molecule has 160 valence electrons. The van der Waals surface area contributed by atoms with Gasteiger partial charge in [0.15, 0.2) is 0 Å². The van der Waals surface area contributed by atoms with Crippen molar-refractivity contribution < 1.29 is 9.59 Å². The molecule has 1 aliphatic heterocycles. The van der Waals surface area contributed by atoms with Crippen LogP contribution >= 0.6 is 0 Å². The van der Waals surface area contributed by atoms with E-state index < -0.39 is 0 Å². The molecule has 6 nitrogen and oxygen atoms in total. The van der Waals surface area contributed by atoms with Crippen LogP contribution in [0.1, 0.15) is 41.6 Å². The van der Waals surface area contributed by atoms with Crippen LogP contribution in [0.5, 0.6) is 0 Å². The van der Waals surface area contributed by atoms with Gasteiger partial charge in [-0.15, -0.1) is 0 Å². The van der Waals surface area contributed by atoms with E-state index in [1.54, 1.807) is 10.9 Å². The maximum absolute atomic E-state index is 13.1. The van der Waals surface area contributed by atoms with Crippen LogP contribution in [-0.4, -0.2) is 46.1 Å². The standard InChI is InChI=1S/C25H28N4O2/c1-19-11-13-21(14-12-19)29-18-22(24(27-29)20-8-4-2-5-9-20)25(31)26-15-17-28-16-7-3-6-10-23(28)30/h2,4-5,8-9,11-14,18H,3,6-7,10,15-17H2,1H3,(H,26,31). The molecule has 2 aromatic carbocycles. The summed E-state index contributed by atoms with van der Waals surface area (Å²) in [5, 5.41) is 7.70. The lowest BCUT2D eigenvalue weighted by Gasteiger charge is -2.20. The predicted molar refractivity (Wildman–Crippen MR) is 121 cm³/mol. The van der Waals surface area contributed by atoms with E-state index >= 15 is 0 Å². The van der Waals surface area contributed by atoms with Gasteiger partial charge in [-0.2, -0.15) is 5.10 Å². The number of aryl methyl sites for hydroxylation is 1. The lowest BCUT2D eigenvalue weighted by atomic mass is 10.1. The van der Waals surface area contributed by atoms with Crippen molar-refractivity contribution in [2.45, 2.75) is 32.6 Å². The largest absolute Gasteiger partial charge is 0.350 e. The summed E-state index contributed by atoms with van der Waals surface area (Å²) in [6, 6.07) is 17.8. The van der Waals surface area contributed by atoms with Gasteiger partial charge in [-0.1, -0.05) is 54.4 Å². The molecule has 0 atom stereocenters. The number of rotatable bonds is 6. The molecular formula is C25H28N4O2. The van der Waals surface area contributed by atoms with Crippen molar-refractivity contribution in [3.63, 3.8) is 0 Å². The molecule has 2 heterocycles. The summed E-state index contributed by atoms with van der Waals surface area (Å²) in [5.74, 6) is 0.00315. The number of carbonyl (C=O) groups excluding carboxylic acids is 2. The van der Waals surface area contributed by atoms with Crippen LogP contribution in [0.25, 0.3) is 16.9 Å². The van der Waals surface area contributed by atoms with Crippen LogP contribution in [0.4, 0.5) is 0 Å². The zero-order valence-corrected chi connectivity index (χ0v) is 17.9. The molecule has 0 radical (unpaired) electrons. The van der Waals surface area contributed by atoms with Crippen molar-refractivity contribution in [1.82, 2.24) is 20.0 Å². The van der Waals surface area contributed by atoms with Crippen LogP contribution in [0, 0.1) is 6.92 Å². The highest BCUT2D eigenvalue weighted by atomic mass is 16.2. The van der Waals surface area contributed by atoms with Crippen LogP contribution in [0.15, 0.2) is 60.8 Å². The lowest BCUT2D eigenvalue weighted by molar-refractivity contribution is -0.130. The minimum atomic E-state index is -0.181. The Morgan fingerprint density at radius 3 is 2.58 bits per heavy atom. The average molecular weight is 417 g/mol. The quantitative estimate of drug-likeness (QED) is 0.661. The van der Waals surface area contributed by atoms with Gasteiger partial charge in [0.05, 0.1) is 11.3 Å². The van der Waals surface area contributed by atoms with Gasteiger partial charge in [-0.3, -0.25) is 9.59 Å². The minimum Gasteiger partial charge on any atom is -0.350 e. The molecular weight excluding hydrogens is 388 g/mol. The first kappa shape index (κ1) is 20.8. The highest BCUT2D eigenvalue weighted by molar-refractivity contribution is 6.00. The Morgan fingerprint density at radius 1 is 1.03 bits per heavy atom. The zero-order chi connectivity index (χ0) is 21.6. The molecule has 1 aliphatic rings. The normalized spacial score (nSPS) is 14.4. The molecule has 0 aliphatic carbocycles. The fourth-order valence-electron chi connectivity index (χ4n) is 3.85. The van der Waals surface area contributed by atoms with Crippen LogP contribution in [0.2, 0.25) is 0 Å². The van der Waals surface area contributed by atoms with E-state index in [1.165, 1.54) is 5.56 Å². The van der Waals surface area contributed by atoms with Gasteiger partial charge in [0.25, 0.3) is 5.91 Å². The van der Waals surface area contributed by atoms with Crippen LogP contribution < -0.4 is 5.32 Å². The van der Waals surface area contributed by atoms with E-state index in [-0.39, 0.29) is 11.8 Å². The van der Waals surface area contributed by atoms with Gasteiger partial charge in [-0.25, -0.2) is 4.68 Å². The summed E-state index contributed by atoms with van der Waals surface area (Å²) in [6.45, 7) is 3.78. The molecule has 1 saturated heterocycles. The molecule has 0 unspecified atom stereocenters. The number of aromatic nitrogens is 2. The fourth-order valence-corrected chi connectivity index (χ4v) is 3.85. The molecule has 4 rings (SSSR count). The molecule has 0 bridgehead atoms. The summed E-state index contributed by atoms with van der Waals surface area (Å²) in [6.07, 6.45) is 5.46. The van der Waals surface area contributed by atoms with E-state index in [1.807, 2.05) is 66.4 Å². The molecule has 31 heavy (non-hydrogen) atoms. The van der Waals surface area contributed by atoms with Crippen molar-refractivity contribution in [2.24, 2.45) is 0 Å². The van der Waals surface area contributed by atoms with Crippen molar-refractivity contribution in [3.8, 4) is 16.9 Å². The average Bonchev–Trinajstić information content (AvgIpc) is 3.14. The maximum atomic E-state index is 13.1. The summed E-state index contributed by atoms with van der Waals surface area (Å²) in [7, 11) is 0. The van der Waals surface area contributed by atoms with E-state index in [0.717, 1.165) is 37.1 Å². The van der Waals surface area contributed by atoms with Gasteiger partial charge in [0.1, 0.15) is 5.69 Å². The fraction of sp³-hybridized carbons (Fsp3) is 0.320. The first-order chi connectivity index (χ1) is 15.1. The first-order valence-electron chi connectivity index (χ1n) is 10.9. The van der Waals surface area contributed by atoms with Crippen LogP contribution in [-0.2, 0) is 4.79 Å². The van der Waals surface area contributed by atoms with E-state index in [0.29, 0.717) is 30.8 Å². The third kappa shape index (κ3) is 5.02. The second-order valence-corrected chi connectivity index (χ2v) is 7.98. The van der Waals surface area contributed by atoms with Gasteiger partial charge in [0.2, 0.25) is 5.91 Å². The van der Waals surface area contributed by atoms with Crippen molar-refractivity contribution in [1.29, 1.82) is 0 Å². The highest BCUT2D eigenvalue weighted by Gasteiger charge is 2.20. The summed E-state index contributed by atoms with van der Waals surface area (Å²) in [4.78, 5) is 27.1. The Balaban J connectivity index is 1.53. The third-order valence-corrected chi connectivity index (χ3v) is 5.64. The topological polar surface area (TPSA) is 67.2 Å². The smallest absolute Gasteiger partial charge is 0.255 e. The van der Waals surface area contributed by atoms with E-state index in [9.17, 15) is 9.59 Å². The Kier molecular flexibility index (Phi) is 6.46. The number of carbonyl (C=O) groups is 2. The Bertz CT molecular complexity index is 1040. The number of likely N-dealkylation sites (tertiary alicyclic amines) is 1. The Labute approximate surface area is 182 Å². The number of nitrogens with one attached hydrogen (secondary N) is 1. The van der Waals surface area contributed by atoms with Gasteiger partial charge in [-0.05, 0) is 31.9 Å². The number of hydrogen-bond acceptors (Lipinski definition) is 3. The summed E-state index contributed by atoms with van der Waals surface area (Å²) < 4.78 is 1.75. The van der Waals surface area contributed by atoms with E-state index in [4.69, 9.17) is 5.10 Å². The number of benzene rings is 2. The Hall–Kier alpha value is -3.41. The molecule has 3 aromatic rings. The molecule has 6 heteroatoms. The van der Waals surface area contributed by atoms with Gasteiger partial charge >= 0.3 is 0 Å². The lowest BCUT2D eigenvalue weighted by Crippen LogP contribution is -2.38. The van der Waals surface area contributed by atoms with Gasteiger partial charge in [0, 0.05) is 37.8 Å². The second-order valence-electron chi connectivity index (χ2n) is 7.98. The van der Waals surface area contributed by atoms with E-state index in [2.05, 4.69) is 5.32 Å². The molecule has 2 amide bonds. The number of hydrogen-bond donors (Lipinski definition) is 1. The minimum absolute atomic E-state index is 0.181. The predicted octanol–water partition coefficient (Wildman–Crippen LogP) is 3.98. The van der Waals surface area contributed by atoms with Crippen molar-refractivity contribution >= 4 is 11.8 Å². The molecule has 0 spiro atoms. The zero-order valence-electron chi connectivity index (χ0n) is 17.9. The second kappa shape index (κ2) is 9.60. The van der Waals surface area contributed by atoms with Gasteiger partial charge < -0.3 is 10.2 Å². The highest BCUT2D eigenvalue weighted by Crippen LogP contribution is 2.24. The van der Waals surface area contributed by atoms with Crippen LogP contribution in [0.3, 0.4) is 0 Å². The molecule has 1 fully saturated rings. The summed E-state index contributed by atoms with van der Waals surface area (Å²) in [5.41, 5.74) is 4.12. The maximum Gasteiger partial charge on any atom is 0.255 e. The third-order valence-electron chi connectivity index (χ3n) is 5.64. The molecule has 0 saturated carbocycles.